The molecule has 1 amide bonds. The molecular formula is C15H8Cl2IN3OS2. The highest BCUT2D eigenvalue weighted by atomic mass is 127. The van der Waals surface area contributed by atoms with Crippen LogP contribution in [0.5, 0.6) is 0 Å². The normalized spacial score (nSPS) is 10.6. The average Bonchev–Trinajstić information content (AvgIpc) is 2.94. The SMILES string of the molecule is O=C(NC(=S)Nc1nc2c(Cl)c(Cl)ccc2s1)c1ccccc1I. The molecule has 0 unspecified atom stereocenters. The minimum absolute atomic E-state index is 0.168. The summed E-state index contributed by atoms with van der Waals surface area (Å²) in [4.78, 5) is 16.6. The number of hydrogen-bond acceptors (Lipinski definition) is 4. The summed E-state index contributed by atoms with van der Waals surface area (Å²) < 4.78 is 1.72. The monoisotopic (exact) mass is 507 g/mol. The fraction of sp³-hybridized carbons (Fsp3) is 0. The molecule has 2 N–H and O–H groups in total. The second kappa shape index (κ2) is 7.49. The minimum Gasteiger partial charge on any atom is -0.308 e. The number of nitrogens with zero attached hydrogens (tertiary/aromatic N) is 1. The van der Waals surface area contributed by atoms with Gasteiger partial charge in [-0.1, -0.05) is 46.7 Å². The molecule has 1 aromatic heterocycles. The van der Waals surface area contributed by atoms with Crippen molar-refractivity contribution in [3.63, 3.8) is 0 Å². The lowest BCUT2D eigenvalue weighted by Gasteiger charge is -2.08. The van der Waals surface area contributed by atoms with Gasteiger partial charge >= 0.3 is 0 Å². The predicted octanol–water partition coefficient (Wildman–Crippen LogP) is 5.33. The van der Waals surface area contributed by atoms with Crippen molar-refractivity contribution in [2.45, 2.75) is 0 Å². The number of aromatic nitrogens is 1. The predicted molar refractivity (Wildman–Crippen MR) is 112 cm³/mol. The van der Waals surface area contributed by atoms with Crippen LogP contribution in [-0.4, -0.2) is 16.0 Å². The zero-order valence-corrected chi connectivity index (χ0v) is 17.1. The molecule has 3 aromatic rings. The third kappa shape index (κ3) is 3.80. The van der Waals surface area contributed by atoms with Crippen molar-refractivity contribution >= 4 is 95.7 Å². The zero-order valence-electron chi connectivity index (χ0n) is 11.8. The summed E-state index contributed by atoms with van der Waals surface area (Å²) in [5, 5.41) is 7.07. The molecule has 0 saturated heterocycles. The molecule has 4 nitrogen and oxygen atoms in total. The number of thiocarbonyl (C=S) groups is 1. The molecule has 0 aliphatic carbocycles. The number of anilines is 1. The summed E-state index contributed by atoms with van der Waals surface area (Å²) in [7, 11) is 0. The number of carbonyl (C=O) groups excluding carboxylic acids is 1. The fourth-order valence-corrected chi connectivity index (χ4v) is 4.12. The maximum Gasteiger partial charge on any atom is 0.258 e. The molecule has 0 atom stereocenters. The van der Waals surface area contributed by atoms with Gasteiger partial charge in [-0.05, 0) is 59.1 Å². The van der Waals surface area contributed by atoms with Crippen molar-refractivity contribution in [2.75, 3.05) is 5.32 Å². The molecule has 24 heavy (non-hydrogen) atoms. The van der Waals surface area contributed by atoms with Crippen molar-refractivity contribution in [2.24, 2.45) is 0 Å². The molecule has 2 aromatic carbocycles. The van der Waals surface area contributed by atoms with Gasteiger partial charge in [0, 0.05) is 3.57 Å². The van der Waals surface area contributed by atoms with Crippen LogP contribution in [0.4, 0.5) is 5.13 Å². The molecule has 0 bridgehead atoms. The highest BCUT2D eigenvalue weighted by molar-refractivity contribution is 14.1. The Bertz CT molecular complexity index is 961. The van der Waals surface area contributed by atoms with Crippen molar-refractivity contribution in [3.8, 4) is 0 Å². The lowest BCUT2D eigenvalue weighted by molar-refractivity contribution is 0.0977. The molecule has 0 saturated carbocycles. The number of fused-ring (bicyclic) bond motifs is 1. The summed E-state index contributed by atoms with van der Waals surface area (Å²) in [5.41, 5.74) is 1.16. The number of amides is 1. The molecule has 0 aliphatic heterocycles. The fourth-order valence-electron chi connectivity index (χ4n) is 1.93. The van der Waals surface area contributed by atoms with Crippen LogP contribution < -0.4 is 10.6 Å². The van der Waals surface area contributed by atoms with E-state index in [2.05, 4.69) is 38.2 Å². The van der Waals surface area contributed by atoms with E-state index in [9.17, 15) is 4.79 Å². The Morgan fingerprint density at radius 2 is 1.96 bits per heavy atom. The van der Waals surface area contributed by atoms with Gasteiger partial charge in [0.25, 0.3) is 5.91 Å². The summed E-state index contributed by atoms with van der Waals surface area (Å²) in [6, 6.07) is 10.8. The van der Waals surface area contributed by atoms with Crippen molar-refractivity contribution in [3.05, 3.63) is 55.6 Å². The molecule has 122 valence electrons. The number of rotatable bonds is 2. The molecule has 0 aliphatic rings. The molecule has 9 heteroatoms. The maximum atomic E-state index is 12.2. The van der Waals surface area contributed by atoms with Crippen LogP contribution in [0.3, 0.4) is 0 Å². The minimum atomic E-state index is -0.278. The molecule has 3 rings (SSSR count). The number of thiazole rings is 1. The van der Waals surface area contributed by atoms with Gasteiger partial charge in [-0.15, -0.1) is 0 Å². The van der Waals surface area contributed by atoms with Crippen LogP contribution in [0.15, 0.2) is 36.4 Å². The van der Waals surface area contributed by atoms with E-state index < -0.39 is 0 Å². The maximum absolute atomic E-state index is 12.2. The largest absolute Gasteiger partial charge is 0.308 e. The van der Waals surface area contributed by atoms with Crippen LogP contribution in [-0.2, 0) is 0 Å². The van der Waals surface area contributed by atoms with Gasteiger partial charge in [0.2, 0.25) is 0 Å². The van der Waals surface area contributed by atoms with Gasteiger partial charge in [0.15, 0.2) is 10.2 Å². The van der Waals surface area contributed by atoms with Crippen molar-refractivity contribution in [1.82, 2.24) is 10.3 Å². The van der Waals surface area contributed by atoms with Crippen LogP contribution in [0.2, 0.25) is 10.0 Å². The smallest absolute Gasteiger partial charge is 0.258 e. The van der Waals surface area contributed by atoms with E-state index in [0.29, 0.717) is 26.3 Å². The van der Waals surface area contributed by atoms with Gasteiger partial charge in [-0.3, -0.25) is 10.1 Å². The molecule has 0 radical (unpaired) electrons. The second-order valence-corrected chi connectivity index (χ2v) is 8.00. The first-order valence-electron chi connectivity index (χ1n) is 6.57. The number of carbonyl (C=O) groups is 1. The Balaban J connectivity index is 1.74. The van der Waals surface area contributed by atoms with E-state index >= 15 is 0 Å². The van der Waals surface area contributed by atoms with Crippen molar-refractivity contribution in [1.29, 1.82) is 0 Å². The zero-order chi connectivity index (χ0) is 17.3. The first kappa shape index (κ1) is 17.8. The molecule has 0 spiro atoms. The topological polar surface area (TPSA) is 54.0 Å². The number of hydrogen-bond donors (Lipinski definition) is 2. The van der Waals surface area contributed by atoms with E-state index in [1.54, 1.807) is 18.2 Å². The third-order valence-corrected chi connectivity index (χ3v) is 5.89. The lowest BCUT2D eigenvalue weighted by atomic mass is 10.2. The summed E-state index contributed by atoms with van der Waals surface area (Å²) in [6.07, 6.45) is 0. The first-order valence-corrected chi connectivity index (χ1v) is 9.63. The van der Waals surface area contributed by atoms with Crippen LogP contribution in [0, 0.1) is 3.57 Å². The highest BCUT2D eigenvalue weighted by Crippen LogP contribution is 2.35. The van der Waals surface area contributed by atoms with Gasteiger partial charge in [-0.2, -0.15) is 0 Å². The standard InChI is InChI=1S/C15H8Cl2IN3OS2/c16-8-5-6-10-12(11(8)17)19-15(24-10)21-14(23)20-13(22)7-3-1-2-4-9(7)18/h1-6H,(H2,19,20,21,22,23). The average molecular weight is 508 g/mol. The van der Waals surface area contributed by atoms with Crippen molar-refractivity contribution < 1.29 is 4.79 Å². The summed E-state index contributed by atoms with van der Waals surface area (Å²) >= 11 is 20.8. The van der Waals surface area contributed by atoms with E-state index in [1.807, 2.05) is 18.2 Å². The van der Waals surface area contributed by atoms with Crippen LogP contribution in [0.25, 0.3) is 10.2 Å². The van der Waals surface area contributed by atoms with E-state index in [4.69, 9.17) is 35.4 Å². The quantitative estimate of drug-likeness (QED) is 0.363. The number of halogens is 3. The van der Waals surface area contributed by atoms with E-state index in [-0.39, 0.29) is 11.0 Å². The number of nitrogens with one attached hydrogen (secondary N) is 2. The molecular weight excluding hydrogens is 500 g/mol. The number of benzene rings is 2. The highest BCUT2D eigenvalue weighted by Gasteiger charge is 2.14. The van der Waals surface area contributed by atoms with Gasteiger partial charge in [0.1, 0.15) is 5.52 Å². The molecule has 0 fully saturated rings. The lowest BCUT2D eigenvalue weighted by Crippen LogP contribution is -2.34. The third-order valence-electron chi connectivity index (χ3n) is 3.02. The Morgan fingerprint density at radius 3 is 2.71 bits per heavy atom. The Kier molecular flexibility index (Phi) is 5.56. The Labute approximate surface area is 170 Å². The Hall–Kier alpha value is -1.000. The first-order chi connectivity index (χ1) is 11.5. The summed E-state index contributed by atoms with van der Waals surface area (Å²) in [6.45, 7) is 0. The Morgan fingerprint density at radius 1 is 1.21 bits per heavy atom. The van der Waals surface area contributed by atoms with Gasteiger partial charge in [-0.25, -0.2) is 4.98 Å². The van der Waals surface area contributed by atoms with Crippen LogP contribution in [0.1, 0.15) is 10.4 Å². The van der Waals surface area contributed by atoms with Crippen LogP contribution >= 0.6 is 69.3 Å². The molecule has 1 heterocycles. The van der Waals surface area contributed by atoms with E-state index in [1.165, 1.54) is 11.3 Å². The van der Waals surface area contributed by atoms with Gasteiger partial charge in [0.05, 0.1) is 20.3 Å². The van der Waals surface area contributed by atoms with Gasteiger partial charge < -0.3 is 5.32 Å². The summed E-state index contributed by atoms with van der Waals surface area (Å²) in [5.74, 6) is -0.278. The second-order valence-electron chi connectivity index (χ2n) is 4.62. The van der Waals surface area contributed by atoms with E-state index in [0.717, 1.165) is 8.27 Å².